The molecule has 0 saturated heterocycles. The number of rotatable bonds is 1. The quantitative estimate of drug-likeness (QED) is 0.640. The second-order valence-corrected chi connectivity index (χ2v) is 3.92. The summed E-state index contributed by atoms with van der Waals surface area (Å²) in [5.74, 6) is 0.332. The maximum atomic E-state index is 13.9. The fourth-order valence-corrected chi connectivity index (χ4v) is 1.85. The van der Waals surface area contributed by atoms with Crippen molar-refractivity contribution < 1.29 is 4.39 Å². The summed E-state index contributed by atoms with van der Waals surface area (Å²) in [7, 11) is 0. The second kappa shape index (κ2) is 3.66. The molecular weight excluding hydrogens is 217 g/mol. The number of aromatic nitrogens is 3. The molecule has 0 amide bonds. The van der Waals surface area contributed by atoms with Gasteiger partial charge in [-0.3, -0.25) is 4.40 Å². The summed E-state index contributed by atoms with van der Waals surface area (Å²) in [5, 5.41) is 0. The normalized spacial score (nSPS) is 10.9. The highest BCUT2D eigenvalue weighted by molar-refractivity contribution is 5.63. The average Bonchev–Trinajstić information content (AvgIpc) is 2.73. The third-order valence-corrected chi connectivity index (χ3v) is 2.69. The Bertz CT molecular complexity index is 688. The van der Waals surface area contributed by atoms with Crippen LogP contribution in [0.15, 0.2) is 42.9 Å². The van der Waals surface area contributed by atoms with Crippen molar-refractivity contribution in [1.82, 2.24) is 14.4 Å². The number of nitrogens with zero attached hydrogens (tertiary/aromatic N) is 3. The minimum atomic E-state index is -0.240. The van der Waals surface area contributed by atoms with Gasteiger partial charge in [0.05, 0.1) is 11.9 Å². The van der Waals surface area contributed by atoms with Crippen molar-refractivity contribution in [3.05, 3.63) is 54.2 Å². The number of hydrogen-bond donors (Lipinski definition) is 0. The van der Waals surface area contributed by atoms with E-state index in [1.807, 2.05) is 19.2 Å². The molecule has 0 saturated carbocycles. The molecule has 0 aliphatic rings. The number of imidazole rings is 1. The standard InChI is InChI=1S/C13H10FN3/c1-9-3-4-10(11(14)7-9)12-8-16-13-15-5-2-6-17(12)13/h2-8H,1H3. The van der Waals surface area contributed by atoms with Crippen molar-refractivity contribution in [1.29, 1.82) is 0 Å². The van der Waals surface area contributed by atoms with Gasteiger partial charge < -0.3 is 0 Å². The molecular formula is C13H10FN3. The lowest BCUT2D eigenvalue weighted by atomic mass is 10.1. The largest absolute Gasteiger partial charge is 0.284 e. The highest BCUT2D eigenvalue weighted by Gasteiger charge is 2.10. The molecule has 0 N–H and O–H groups in total. The van der Waals surface area contributed by atoms with Gasteiger partial charge in [0, 0.05) is 18.0 Å². The van der Waals surface area contributed by atoms with E-state index in [0.717, 1.165) is 5.56 Å². The smallest absolute Gasteiger partial charge is 0.234 e. The van der Waals surface area contributed by atoms with E-state index in [0.29, 0.717) is 17.0 Å². The van der Waals surface area contributed by atoms with Crippen LogP contribution in [0.3, 0.4) is 0 Å². The highest BCUT2D eigenvalue weighted by Crippen LogP contribution is 2.23. The first-order chi connectivity index (χ1) is 8.25. The van der Waals surface area contributed by atoms with Gasteiger partial charge >= 0.3 is 0 Å². The van der Waals surface area contributed by atoms with Crippen LogP contribution in [0.2, 0.25) is 0 Å². The molecule has 1 aromatic carbocycles. The van der Waals surface area contributed by atoms with E-state index >= 15 is 0 Å². The lowest BCUT2D eigenvalue weighted by Gasteiger charge is -2.03. The van der Waals surface area contributed by atoms with Gasteiger partial charge in [-0.25, -0.2) is 14.4 Å². The van der Waals surface area contributed by atoms with E-state index in [4.69, 9.17) is 0 Å². The van der Waals surface area contributed by atoms with E-state index in [9.17, 15) is 4.39 Å². The molecule has 0 radical (unpaired) electrons. The van der Waals surface area contributed by atoms with E-state index < -0.39 is 0 Å². The zero-order valence-electron chi connectivity index (χ0n) is 9.26. The van der Waals surface area contributed by atoms with Crippen molar-refractivity contribution >= 4 is 5.78 Å². The first-order valence-corrected chi connectivity index (χ1v) is 5.30. The number of hydrogen-bond acceptors (Lipinski definition) is 2. The Hall–Kier alpha value is -2.23. The van der Waals surface area contributed by atoms with Crippen molar-refractivity contribution in [3.8, 4) is 11.3 Å². The topological polar surface area (TPSA) is 30.2 Å². The summed E-state index contributed by atoms with van der Waals surface area (Å²) in [6, 6.07) is 6.96. The van der Waals surface area contributed by atoms with E-state index in [1.54, 1.807) is 28.9 Å². The molecule has 0 unspecified atom stereocenters. The Kier molecular flexibility index (Phi) is 2.14. The summed E-state index contributed by atoms with van der Waals surface area (Å²) in [6.07, 6.45) is 5.12. The summed E-state index contributed by atoms with van der Waals surface area (Å²) in [5.41, 5.74) is 2.15. The van der Waals surface area contributed by atoms with E-state index in [-0.39, 0.29) is 5.82 Å². The van der Waals surface area contributed by atoms with Gasteiger partial charge in [-0.1, -0.05) is 6.07 Å². The summed E-state index contributed by atoms with van der Waals surface area (Å²) < 4.78 is 15.7. The van der Waals surface area contributed by atoms with Crippen LogP contribution in [0.1, 0.15) is 5.56 Å². The molecule has 0 bridgehead atoms. The highest BCUT2D eigenvalue weighted by atomic mass is 19.1. The van der Waals surface area contributed by atoms with Gasteiger partial charge in [0.25, 0.3) is 0 Å². The fraction of sp³-hybridized carbons (Fsp3) is 0.0769. The summed E-state index contributed by atoms with van der Waals surface area (Å²) in [4.78, 5) is 8.25. The van der Waals surface area contributed by atoms with Crippen molar-refractivity contribution in [2.45, 2.75) is 6.92 Å². The van der Waals surface area contributed by atoms with Gasteiger partial charge in [0.1, 0.15) is 5.82 Å². The van der Waals surface area contributed by atoms with Crippen LogP contribution in [0.5, 0.6) is 0 Å². The Morgan fingerprint density at radius 2 is 2.12 bits per heavy atom. The van der Waals surface area contributed by atoms with Gasteiger partial charge in [-0.15, -0.1) is 0 Å². The molecule has 0 fully saturated rings. The molecule has 84 valence electrons. The molecule has 4 heteroatoms. The Morgan fingerprint density at radius 1 is 1.24 bits per heavy atom. The zero-order chi connectivity index (χ0) is 11.8. The second-order valence-electron chi connectivity index (χ2n) is 3.92. The Labute approximate surface area is 97.6 Å². The molecule has 17 heavy (non-hydrogen) atoms. The first kappa shape index (κ1) is 9.96. The molecule has 3 aromatic rings. The average molecular weight is 227 g/mol. The molecule has 0 aliphatic heterocycles. The molecule has 3 rings (SSSR count). The number of aryl methyl sites for hydroxylation is 1. The third kappa shape index (κ3) is 1.58. The maximum absolute atomic E-state index is 13.9. The van der Waals surface area contributed by atoms with Crippen LogP contribution in [0.25, 0.3) is 17.0 Å². The monoisotopic (exact) mass is 227 g/mol. The van der Waals surface area contributed by atoms with E-state index in [2.05, 4.69) is 9.97 Å². The third-order valence-electron chi connectivity index (χ3n) is 2.69. The van der Waals surface area contributed by atoms with Crippen LogP contribution in [0, 0.1) is 12.7 Å². The maximum Gasteiger partial charge on any atom is 0.234 e. The lowest BCUT2D eigenvalue weighted by molar-refractivity contribution is 0.629. The fourth-order valence-electron chi connectivity index (χ4n) is 1.85. The van der Waals surface area contributed by atoms with Crippen molar-refractivity contribution in [2.24, 2.45) is 0 Å². The summed E-state index contributed by atoms with van der Waals surface area (Å²) >= 11 is 0. The SMILES string of the molecule is Cc1ccc(-c2cnc3ncccn23)c(F)c1. The summed E-state index contributed by atoms with van der Waals surface area (Å²) in [6.45, 7) is 1.86. The molecule has 0 spiro atoms. The van der Waals surface area contributed by atoms with Crippen LogP contribution in [0.4, 0.5) is 4.39 Å². The van der Waals surface area contributed by atoms with Gasteiger partial charge in [0.15, 0.2) is 0 Å². The minimum Gasteiger partial charge on any atom is -0.284 e. The van der Waals surface area contributed by atoms with Crippen LogP contribution in [-0.2, 0) is 0 Å². The van der Waals surface area contributed by atoms with E-state index in [1.165, 1.54) is 6.07 Å². The molecule has 0 aliphatic carbocycles. The van der Waals surface area contributed by atoms with Gasteiger partial charge in [-0.05, 0) is 30.7 Å². The molecule has 3 nitrogen and oxygen atoms in total. The van der Waals surface area contributed by atoms with Gasteiger partial charge in [0.2, 0.25) is 5.78 Å². The van der Waals surface area contributed by atoms with Gasteiger partial charge in [-0.2, -0.15) is 0 Å². The predicted molar refractivity (Wildman–Crippen MR) is 63.1 cm³/mol. The molecule has 2 heterocycles. The number of benzene rings is 1. The van der Waals surface area contributed by atoms with Crippen LogP contribution >= 0.6 is 0 Å². The number of halogens is 1. The van der Waals surface area contributed by atoms with Crippen LogP contribution in [-0.4, -0.2) is 14.4 Å². The Morgan fingerprint density at radius 3 is 2.94 bits per heavy atom. The minimum absolute atomic E-state index is 0.240. The van der Waals surface area contributed by atoms with Crippen molar-refractivity contribution in [3.63, 3.8) is 0 Å². The number of fused-ring (bicyclic) bond motifs is 1. The Balaban J connectivity index is 2.27. The zero-order valence-corrected chi connectivity index (χ0v) is 9.26. The van der Waals surface area contributed by atoms with Crippen molar-refractivity contribution in [2.75, 3.05) is 0 Å². The molecule has 2 aromatic heterocycles. The molecule has 0 atom stereocenters. The predicted octanol–water partition coefficient (Wildman–Crippen LogP) is 2.84. The first-order valence-electron chi connectivity index (χ1n) is 5.30. The lowest BCUT2D eigenvalue weighted by Crippen LogP contribution is -1.92. The van der Waals surface area contributed by atoms with Crippen LogP contribution < -0.4 is 0 Å².